The number of rotatable bonds is 5. The lowest BCUT2D eigenvalue weighted by Gasteiger charge is -2.19. The number of likely N-dealkylation sites (tertiary alicyclic amines) is 1. The van der Waals surface area contributed by atoms with Gasteiger partial charge in [0, 0.05) is 66.9 Å². The highest BCUT2D eigenvalue weighted by Gasteiger charge is 2.44. The fourth-order valence-corrected chi connectivity index (χ4v) is 3.97. The van der Waals surface area contributed by atoms with Gasteiger partial charge in [-0.1, -0.05) is 0 Å². The van der Waals surface area contributed by atoms with Crippen molar-refractivity contribution in [3.63, 3.8) is 0 Å². The van der Waals surface area contributed by atoms with E-state index in [0.29, 0.717) is 17.9 Å². The Labute approximate surface area is 143 Å². The number of aromatic amines is 1. The molecule has 4 rings (SSSR count). The molecule has 1 N–H and O–H groups in total. The van der Waals surface area contributed by atoms with E-state index < -0.39 is 0 Å². The number of H-pyrrole nitrogens is 1. The zero-order valence-corrected chi connectivity index (χ0v) is 14.4. The maximum Gasteiger partial charge on any atom is 0.122 e. The minimum Gasteiger partial charge on any atom is -0.493 e. The maximum absolute atomic E-state index is 6.06. The van der Waals surface area contributed by atoms with Crippen molar-refractivity contribution in [3.8, 4) is 5.75 Å². The zero-order valence-electron chi connectivity index (χ0n) is 14.4. The number of pyridine rings is 1. The Morgan fingerprint density at radius 3 is 2.88 bits per heavy atom. The fraction of sp³-hybridized carbons (Fsp3) is 0.526. The summed E-state index contributed by atoms with van der Waals surface area (Å²) in [5, 5.41) is 0. The average Bonchev–Trinajstić information content (AvgIpc) is 3.22. The van der Waals surface area contributed by atoms with Crippen LogP contribution in [0, 0.1) is 25.7 Å². The minimum atomic E-state index is 0.356. The van der Waals surface area contributed by atoms with Gasteiger partial charge in [-0.3, -0.25) is 9.88 Å². The molecule has 5 heteroatoms. The van der Waals surface area contributed by atoms with Crippen molar-refractivity contribution in [3.05, 3.63) is 47.5 Å². The second kappa shape index (κ2) is 6.57. The third kappa shape index (κ3) is 3.32. The van der Waals surface area contributed by atoms with Gasteiger partial charge >= 0.3 is 0 Å². The molecule has 2 aliphatic rings. The third-order valence-electron chi connectivity index (χ3n) is 5.09. The van der Waals surface area contributed by atoms with Crippen molar-refractivity contribution >= 4 is 0 Å². The predicted octanol–water partition coefficient (Wildman–Crippen LogP) is 2.55. The summed E-state index contributed by atoms with van der Waals surface area (Å²) >= 11 is 0. The molecule has 0 radical (unpaired) electrons. The molecule has 0 aromatic carbocycles. The predicted molar refractivity (Wildman–Crippen MR) is 92.0 cm³/mol. The van der Waals surface area contributed by atoms with Gasteiger partial charge < -0.3 is 14.5 Å². The van der Waals surface area contributed by atoms with E-state index in [0.717, 1.165) is 50.0 Å². The Balaban J connectivity index is 1.34. The van der Waals surface area contributed by atoms with E-state index in [1.54, 1.807) is 0 Å². The minimum absolute atomic E-state index is 0.356. The Morgan fingerprint density at radius 1 is 1.29 bits per heavy atom. The molecule has 0 amide bonds. The van der Waals surface area contributed by atoms with Gasteiger partial charge in [-0.2, -0.15) is 0 Å². The molecule has 0 unspecified atom stereocenters. The number of aryl methyl sites for hydroxylation is 2. The van der Waals surface area contributed by atoms with Crippen LogP contribution in [0.4, 0.5) is 0 Å². The molecule has 0 aliphatic carbocycles. The van der Waals surface area contributed by atoms with E-state index in [1.807, 2.05) is 32.2 Å². The second-order valence-corrected chi connectivity index (χ2v) is 7.08. The van der Waals surface area contributed by atoms with Crippen LogP contribution < -0.4 is 4.74 Å². The lowest BCUT2D eigenvalue weighted by Crippen LogP contribution is -2.26. The van der Waals surface area contributed by atoms with Gasteiger partial charge in [-0.05, 0) is 26.0 Å². The molecule has 2 aromatic rings. The van der Waals surface area contributed by atoms with Gasteiger partial charge in [0.1, 0.15) is 5.75 Å². The van der Waals surface area contributed by atoms with E-state index in [-0.39, 0.29) is 0 Å². The van der Waals surface area contributed by atoms with Gasteiger partial charge in [0.2, 0.25) is 0 Å². The summed E-state index contributed by atoms with van der Waals surface area (Å²) < 4.78 is 12.1. The van der Waals surface area contributed by atoms with E-state index in [2.05, 4.69) is 27.0 Å². The zero-order chi connectivity index (χ0) is 16.5. The Kier molecular flexibility index (Phi) is 4.29. The quantitative estimate of drug-likeness (QED) is 0.917. The number of hydrogen-bond donors (Lipinski definition) is 1. The fourth-order valence-electron chi connectivity index (χ4n) is 3.97. The van der Waals surface area contributed by atoms with Crippen LogP contribution >= 0.6 is 0 Å². The van der Waals surface area contributed by atoms with Crippen molar-refractivity contribution < 1.29 is 9.47 Å². The second-order valence-electron chi connectivity index (χ2n) is 7.08. The molecule has 0 spiro atoms. The molecule has 24 heavy (non-hydrogen) atoms. The van der Waals surface area contributed by atoms with Gasteiger partial charge in [-0.25, -0.2) is 0 Å². The number of aromatic nitrogens is 2. The molecule has 4 heterocycles. The number of nitrogens with one attached hydrogen (secondary N) is 1. The monoisotopic (exact) mass is 327 g/mol. The number of nitrogens with zero attached hydrogens (tertiary/aromatic N) is 2. The summed E-state index contributed by atoms with van der Waals surface area (Å²) in [5.41, 5.74) is 3.28. The lowest BCUT2D eigenvalue weighted by molar-refractivity contribution is 0.0895. The highest BCUT2D eigenvalue weighted by Crippen LogP contribution is 2.34. The summed E-state index contributed by atoms with van der Waals surface area (Å²) in [7, 11) is 0. The normalized spacial score (nSPS) is 26.7. The topological polar surface area (TPSA) is 50.4 Å². The first-order valence-electron chi connectivity index (χ1n) is 8.72. The Hall–Kier alpha value is -1.85. The summed E-state index contributed by atoms with van der Waals surface area (Å²) in [6.07, 6.45) is 2.34. The Bertz CT molecular complexity index is 666. The molecule has 2 fully saturated rings. The summed E-state index contributed by atoms with van der Waals surface area (Å²) in [6.45, 7) is 8.63. The summed E-state index contributed by atoms with van der Waals surface area (Å²) in [5.74, 6) is 1.96. The Morgan fingerprint density at radius 2 is 2.12 bits per heavy atom. The van der Waals surface area contributed by atoms with Crippen molar-refractivity contribution in [2.45, 2.75) is 26.5 Å². The molecular weight excluding hydrogens is 302 g/mol. The molecule has 2 aliphatic heterocycles. The smallest absolute Gasteiger partial charge is 0.122 e. The van der Waals surface area contributed by atoms with Crippen LogP contribution in [0.15, 0.2) is 30.5 Å². The largest absolute Gasteiger partial charge is 0.493 e. The molecule has 0 saturated carbocycles. The van der Waals surface area contributed by atoms with E-state index in [4.69, 9.17) is 9.47 Å². The molecule has 2 aromatic heterocycles. The van der Waals surface area contributed by atoms with Gasteiger partial charge in [0.25, 0.3) is 0 Å². The lowest BCUT2D eigenvalue weighted by atomic mass is 9.94. The first-order chi connectivity index (χ1) is 11.7. The van der Waals surface area contributed by atoms with Crippen molar-refractivity contribution in [1.82, 2.24) is 14.9 Å². The molecule has 5 nitrogen and oxygen atoms in total. The van der Waals surface area contributed by atoms with E-state index in [9.17, 15) is 0 Å². The van der Waals surface area contributed by atoms with Crippen LogP contribution in [0.25, 0.3) is 0 Å². The average molecular weight is 327 g/mol. The highest BCUT2D eigenvalue weighted by molar-refractivity contribution is 5.26. The molecule has 128 valence electrons. The van der Waals surface area contributed by atoms with Crippen LogP contribution in [0.3, 0.4) is 0 Å². The number of fused-ring (bicyclic) bond motifs is 1. The van der Waals surface area contributed by atoms with E-state index in [1.165, 1.54) is 5.69 Å². The maximum atomic E-state index is 6.06. The van der Waals surface area contributed by atoms with Crippen LogP contribution in [0.2, 0.25) is 0 Å². The van der Waals surface area contributed by atoms with Crippen molar-refractivity contribution in [2.24, 2.45) is 11.8 Å². The van der Waals surface area contributed by atoms with Crippen LogP contribution in [-0.4, -0.2) is 47.3 Å². The first kappa shape index (κ1) is 15.7. The third-order valence-corrected chi connectivity index (χ3v) is 5.09. The van der Waals surface area contributed by atoms with E-state index >= 15 is 0 Å². The summed E-state index contributed by atoms with van der Waals surface area (Å²) in [4.78, 5) is 10.2. The van der Waals surface area contributed by atoms with Gasteiger partial charge in [0.05, 0.1) is 19.3 Å². The highest BCUT2D eigenvalue weighted by atomic mass is 16.5. The van der Waals surface area contributed by atoms with Crippen LogP contribution in [-0.2, 0) is 11.3 Å². The van der Waals surface area contributed by atoms with Crippen LogP contribution in [0.1, 0.15) is 17.1 Å². The summed E-state index contributed by atoms with van der Waals surface area (Å²) in [6, 6.07) is 8.21. The number of hydrogen-bond acceptors (Lipinski definition) is 4. The SMILES string of the molecule is Cc1cc(OC[C@H]2CO[C@@H]3CN(Cc4ccc[nH]4)C[C@H]23)cc(C)n1. The molecule has 0 bridgehead atoms. The van der Waals surface area contributed by atoms with Crippen molar-refractivity contribution in [1.29, 1.82) is 0 Å². The van der Waals surface area contributed by atoms with Gasteiger partial charge in [-0.15, -0.1) is 0 Å². The van der Waals surface area contributed by atoms with Crippen molar-refractivity contribution in [2.75, 3.05) is 26.3 Å². The number of ether oxygens (including phenoxy) is 2. The standard InChI is InChI=1S/C19H25N3O2/c1-13-6-17(7-14(2)21-13)23-11-15-12-24-19-10-22(9-18(15)19)8-16-4-3-5-20-16/h3-7,15,18-20H,8-12H2,1-2H3/t15-,18+,19+/m0/s1. The van der Waals surface area contributed by atoms with Gasteiger partial charge in [0.15, 0.2) is 0 Å². The molecule has 2 saturated heterocycles. The molecule has 3 atom stereocenters. The molecular formula is C19H25N3O2. The van der Waals surface area contributed by atoms with Crippen LogP contribution in [0.5, 0.6) is 5.75 Å². The first-order valence-corrected chi connectivity index (χ1v) is 8.72.